The smallest absolute Gasteiger partial charge is 0.191 e. The van der Waals surface area contributed by atoms with Gasteiger partial charge in [-0.05, 0) is 12.5 Å². The first-order valence-corrected chi connectivity index (χ1v) is 4.17. The molecule has 2 aromatic heterocycles. The number of rotatable bonds is 2. The molecule has 0 aliphatic rings. The molecule has 0 saturated carbocycles. The average molecular weight is 187 g/mol. The van der Waals surface area contributed by atoms with Crippen molar-refractivity contribution in [2.24, 2.45) is 0 Å². The van der Waals surface area contributed by atoms with Crippen molar-refractivity contribution in [2.75, 3.05) is 0 Å². The first kappa shape index (κ1) is 8.62. The van der Waals surface area contributed by atoms with Crippen LogP contribution in [-0.4, -0.2) is 20.4 Å². The summed E-state index contributed by atoms with van der Waals surface area (Å²) in [6.07, 6.45) is 6.47. The number of Topliss-reactive ketones (excluding diaryl/α,β-unsaturated/α-hetero) is 1. The van der Waals surface area contributed by atoms with E-state index in [-0.39, 0.29) is 5.78 Å². The van der Waals surface area contributed by atoms with Gasteiger partial charge in [0.2, 0.25) is 0 Å². The van der Waals surface area contributed by atoms with Gasteiger partial charge in [-0.15, -0.1) is 0 Å². The van der Waals surface area contributed by atoms with Crippen LogP contribution in [0.2, 0.25) is 0 Å². The number of aromatic nitrogens is 3. The molecule has 4 heteroatoms. The maximum atomic E-state index is 11.6. The van der Waals surface area contributed by atoms with Gasteiger partial charge in [0.05, 0.1) is 23.5 Å². The number of fused-ring (bicyclic) bond motifs is 1. The second-order valence-corrected chi connectivity index (χ2v) is 3.07. The van der Waals surface area contributed by atoms with Gasteiger partial charge in [0.1, 0.15) is 0 Å². The van der Waals surface area contributed by atoms with Crippen molar-refractivity contribution in [3.05, 3.63) is 42.5 Å². The largest absolute Gasteiger partial charge is 0.289 e. The lowest BCUT2D eigenvalue weighted by Gasteiger charge is -1.95. The van der Waals surface area contributed by atoms with Crippen LogP contribution < -0.4 is 0 Å². The highest BCUT2D eigenvalue weighted by Crippen LogP contribution is 2.12. The van der Waals surface area contributed by atoms with E-state index in [1.54, 1.807) is 30.0 Å². The number of nitrogens with zero attached hydrogens (tertiary/aromatic N) is 3. The fourth-order valence-corrected chi connectivity index (χ4v) is 1.24. The molecule has 70 valence electrons. The Labute approximate surface area is 80.9 Å². The topological polar surface area (TPSA) is 47.3 Å². The predicted octanol–water partition coefficient (Wildman–Crippen LogP) is 1.49. The van der Waals surface area contributed by atoms with Gasteiger partial charge in [-0.3, -0.25) is 9.78 Å². The van der Waals surface area contributed by atoms with Crippen molar-refractivity contribution in [3.8, 4) is 0 Å². The van der Waals surface area contributed by atoms with E-state index < -0.39 is 0 Å². The van der Waals surface area contributed by atoms with E-state index >= 15 is 0 Å². The Morgan fingerprint density at radius 3 is 3.00 bits per heavy atom. The Hall–Kier alpha value is -1.97. The molecule has 0 fully saturated rings. The van der Waals surface area contributed by atoms with Crippen molar-refractivity contribution in [2.45, 2.75) is 6.92 Å². The zero-order valence-corrected chi connectivity index (χ0v) is 7.77. The van der Waals surface area contributed by atoms with E-state index in [0.29, 0.717) is 16.7 Å². The van der Waals surface area contributed by atoms with Crippen molar-refractivity contribution in [3.63, 3.8) is 0 Å². The Morgan fingerprint density at radius 2 is 2.29 bits per heavy atom. The normalized spacial score (nSPS) is 10.4. The Bertz CT molecular complexity index is 513. The van der Waals surface area contributed by atoms with Crippen molar-refractivity contribution < 1.29 is 4.79 Å². The predicted molar refractivity (Wildman–Crippen MR) is 52.1 cm³/mol. The van der Waals surface area contributed by atoms with Crippen LogP contribution in [0.25, 0.3) is 5.52 Å². The highest BCUT2D eigenvalue weighted by atomic mass is 16.1. The first-order chi connectivity index (χ1) is 6.70. The van der Waals surface area contributed by atoms with Crippen molar-refractivity contribution in [1.29, 1.82) is 0 Å². The number of hydrogen-bond donors (Lipinski definition) is 0. The summed E-state index contributed by atoms with van der Waals surface area (Å²) in [4.78, 5) is 15.6. The zero-order chi connectivity index (χ0) is 10.1. The molecule has 0 aliphatic carbocycles. The van der Waals surface area contributed by atoms with Crippen LogP contribution in [0.5, 0.6) is 0 Å². The molecular weight excluding hydrogens is 178 g/mol. The highest BCUT2D eigenvalue weighted by molar-refractivity contribution is 6.11. The van der Waals surface area contributed by atoms with Crippen LogP contribution in [0.15, 0.2) is 36.9 Å². The molecule has 0 bridgehead atoms. The van der Waals surface area contributed by atoms with E-state index in [1.165, 1.54) is 6.20 Å². The molecule has 0 spiro atoms. The molecular formula is C10H9N3O. The SMILES string of the molecule is C=C(C)C(=O)c1cnn2ccncc12. The van der Waals surface area contributed by atoms with Gasteiger partial charge in [0.15, 0.2) is 5.78 Å². The van der Waals surface area contributed by atoms with Gasteiger partial charge >= 0.3 is 0 Å². The standard InChI is InChI=1S/C10H9N3O/c1-7(2)10(14)8-5-12-13-4-3-11-6-9(8)13/h3-6H,1H2,2H3. The number of carbonyl (C=O) groups excluding carboxylic acids is 1. The van der Waals surface area contributed by atoms with Crippen LogP contribution in [0, 0.1) is 0 Å². The monoisotopic (exact) mass is 187 g/mol. The molecule has 0 radical (unpaired) electrons. The van der Waals surface area contributed by atoms with E-state index in [9.17, 15) is 4.79 Å². The number of carbonyl (C=O) groups is 1. The summed E-state index contributed by atoms with van der Waals surface area (Å²) in [6, 6.07) is 0. The summed E-state index contributed by atoms with van der Waals surface area (Å²) in [6.45, 7) is 5.29. The maximum absolute atomic E-state index is 11.6. The van der Waals surface area contributed by atoms with Gasteiger partial charge in [0, 0.05) is 12.4 Å². The fraction of sp³-hybridized carbons (Fsp3) is 0.100. The van der Waals surface area contributed by atoms with Gasteiger partial charge in [-0.1, -0.05) is 6.58 Å². The molecule has 2 heterocycles. The molecule has 0 unspecified atom stereocenters. The summed E-state index contributed by atoms with van der Waals surface area (Å²) in [5, 5.41) is 4.04. The number of ketones is 1. The third kappa shape index (κ3) is 1.21. The van der Waals surface area contributed by atoms with Crippen LogP contribution in [-0.2, 0) is 0 Å². The molecule has 0 saturated heterocycles. The van der Waals surface area contributed by atoms with E-state index in [4.69, 9.17) is 0 Å². The lowest BCUT2D eigenvalue weighted by atomic mass is 10.1. The highest BCUT2D eigenvalue weighted by Gasteiger charge is 2.12. The minimum Gasteiger partial charge on any atom is -0.289 e. The molecule has 0 N–H and O–H groups in total. The minimum atomic E-state index is -0.0898. The van der Waals surface area contributed by atoms with Gasteiger partial charge in [0.25, 0.3) is 0 Å². The molecule has 0 atom stereocenters. The molecule has 2 rings (SSSR count). The molecule has 0 aliphatic heterocycles. The van der Waals surface area contributed by atoms with Crippen LogP contribution >= 0.6 is 0 Å². The van der Waals surface area contributed by atoms with Gasteiger partial charge in [-0.25, -0.2) is 4.52 Å². The number of allylic oxidation sites excluding steroid dienone is 1. The lowest BCUT2D eigenvalue weighted by Crippen LogP contribution is -1.98. The number of hydrogen-bond acceptors (Lipinski definition) is 3. The maximum Gasteiger partial charge on any atom is 0.191 e. The molecule has 4 nitrogen and oxygen atoms in total. The van der Waals surface area contributed by atoms with Crippen molar-refractivity contribution >= 4 is 11.3 Å². The van der Waals surface area contributed by atoms with E-state index in [2.05, 4.69) is 16.7 Å². The Balaban J connectivity index is 2.64. The average Bonchev–Trinajstić information content (AvgIpc) is 2.60. The Kier molecular flexibility index (Phi) is 1.89. The lowest BCUT2D eigenvalue weighted by molar-refractivity contribution is 0.103. The molecule has 14 heavy (non-hydrogen) atoms. The minimum absolute atomic E-state index is 0.0898. The Morgan fingerprint density at radius 1 is 1.50 bits per heavy atom. The quantitative estimate of drug-likeness (QED) is 0.528. The summed E-state index contributed by atoms with van der Waals surface area (Å²) in [7, 11) is 0. The molecule has 0 amide bonds. The van der Waals surface area contributed by atoms with E-state index in [1.807, 2.05) is 0 Å². The van der Waals surface area contributed by atoms with Gasteiger partial charge in [-0.2, -0.15) is 5.10 Å². The first-order valence-electron chi connectivity index (χ1n) is 4.17. The summed E-state index contributed by atoms with van der Waals surface area (Å²) >= 11 is 0. The van der Waals surface area contributed by atoms with Crippen molar-refractivity contribution in [1.82, 2.24) is 14.6 Å². The third-order valence-electron chi connectivity index (χ3n) is 1.96. The fourth-order valence-electron chi connectivity index (χ4n) is 1.24. The zero-order valence-electron chi connectivity index (χ0n) is 7.77. The molecule has 2 aromatic rings. The molecule has 0 aromatic carbocycles. The summed E-state index contributed by atoms with van der Waals surface area (Å²) in [5.41, 5.74) is 1.76. The summed E-state index contributed by atoms with van der Waals surface area (Å²) in [5.74, 6) is -0.0898. The van der Waals surface area contributed by atoms with Gasteiger partial charge < -0.3 is 0 Å². The van der Waals surface area contributed by atoms with E-state index in [0.717, 1.165) is 0 Å². The van der Waals surface area contributed by atoms with Crippen LogP contribution in [0.3, 0.4) is 0 Å². The third-order valence-corrected chi connectivity index (χ3v) is 1.96. The summed E-state index contributed by atoms with van der Waals surface area (Å²) < 4.78 is 1.61. The second-order valence-electron chi connectivity index (χ2n) is 3.07. The van der Waals surface area contributed by atoms with Crippen LogP contribution in [0.4, 0.5) is 0 Å². The van der Waals surface area contributed by atoms with Crippen LogP contribution in [0.1, 0.15) is 17.3 Å². The second kappa shape index (κ2) is 3.06.